The van der Waals surface area contributed by atoms with Crippen LogP contribution in [0.25, 0.3) is 0 Å². The van der Waals surface area contributed by atoms with Gasteiger partial charge in [-0.05, 0) is 25.5 Å². The predicted octanol–water partition coefficient (Wildman–Crippen LogP) is 1.96. The van der Waals surface area contributed by atoms with Gasteiger partial charge < -0.3 is 5.32 Å². The highest BCUT2D eigenvalue weighted by atomic mass is 19.3. The van der Waals surface area contributed by atoms with E-state index in [9.17, 15) is 8.78 Å². The fraction of sp³-hybridized carbons (Fsp3) is 0.538. The summed E-state index contributed by atoms with van der Waals surface area (Å²) in [6, 6.07) is 1.75. The number of nitrogens with one attached hydrogen (secondary N) is 1. The highest BCUT2D eigenvalue weighted by Crippen LogP contribution is 2.07. The Morgan fingerprint density at radius 2 is 2.15 bits per heavy atom. The van der Waals surface area contributed by atoms with Gasteiger partial charge in [0.25, 0.3) is 6.43 Å². The van der Waals surface area contributed by atoms with Gasteiger partial charge in [0.2, 0.25) is 0 Å². The molecule has 2 heterocycles. The SMILES string of the molecule is CCn1ncc(C)c1CNCc1ccn(CC(F)F)n1. The lowest BCUT2D eigenvalue weighted by Gasteiger charge is -2.07. The quantitative estimate of drug-likeness (QED) is 0.845. The molecule has 110 valence electrons. The molecule has 0 bridgehead atoms. The van der Waals surface area contributed by atoms with E-state index in [4.69, 9.17) is 0 Å². The molecular formula is C13H19F2N5. The van der Waals surface area contributed by atoms with E-state index in [1.807, 2.05) is 24.7 Å². The number of hydrogen-bond acceptors (Lipinski definition) is 3. The number of alkyl halides is 2. The molecular weight excluding hydrogens is 264 g/mol. The second-order valence-electron chi connectivity index (χ2n) is 4.61. The molecule has 0 saturated carbocycles. The van der Waals surface area contributed by atoms with Crippen LogP contribution in [-0.4, -0.2) is 26.0 Å². The van der Waals surface area contributed by atoms with Gasteiger partial charge in [-0.3, -0.25) is 9.36 Å². The second kappa shape index (κ2) is 6.60. The molecule has 0 amide bonds. The summed E-state index contributed by atoms with van der Waals surface area (Å²) in [5, 5.41) is 11.6. The maximum Gasteiger partial charge on any atom is 0.257 e. The first-order valence-electron chi connectivity index (χ1n) is 6.62. The number of nitrogens with zero attached hydrogens (tertiary/aromatic N) is 4. The fourth-order valence-corrected chi connectivity index (χ4v) is 2.06. The van der Waals surface area contributed by atoms with E-state index < -0.39 is 6.43 Å². The Bertz CT molecular complexity index is 547. The molecule has 7 heteroatoms. The molecule has 0 aliphatic carbocycles. The zero-order valence-electron chi connectivity index (χ0n) is 11.7. The van der Waals surface area contributed by atoms with Crippen molar-refractivity contribution in [2.75, 3.05) is 0 Å². The summed E-state index contributed by atoms with van der Waals surface area (Å²) in [7, 11) is 0. The molecule has 0 aromatic carbocycles. The van der Waals surface area contributed by atoms with Crippen LogP contribution in [-0.2, 0) is 26.2 Å². The molecule has 2 rings (SSSR count). The lowest BCUT2D eigenvalue weighted by Crippen LogP contribution is -2.17. The standard InChI is InChI=1S/C13H19F2N5/c1-3-20-12(10(2)6-17-20)8-16-7-11-4-5-19(18-11)9-13(14)15/h4-6,13,16H,3,7-9H2,1-2H3. The van der Waals surface area contributed by atoms with Gasteiger partial charge in [-0.1, -0.05) is 0 Å². The first-order valence-corrected chi connectivity index (χ1v) is 6.62. The first kappa shape index (κ1) is 14.6. The van der Waals surface area contributed by atoms with Crippen molar-refractivity contribution in [3.63, 3.8) is 0 Å². The average molecular weight is 283 g/mol. The van der Waals surface area contributed by atoms with Crippen molar-refractivity contribution in [2.24, 2.45) is 0 Å². The number of halogens is 2. The third-order valence-corrected chi connectivity index (χ3v) is 3.08. The smallest absolute Gasteiger partial charge is 0.257 e. The third-order valence-electron chi connectivity index (χ3n) is 3.08. The summed E-state index contributed by atoms with van der Waals surface area (Å²) >= 11 is 0. The van der Waals surface area contributed by atoms with Crippen LogP contribution in [0.5, 0.6) is 0 Å². The average Bonchev–Trinajstić information content (AvgIpc) is 2.97. The van der Waals surface area contributed by atoms with Crippen molar-refractivity contribution < 1.29 is 8.78 Å². The van der Waals surface area contributed by atoms with Crippen molar-refractivity contribution in [1.82, 2.24) is 24.9 Å². The van der Waals surface area contributed by atoms with E-state index in [2.05, 4.69) is 15.5 Å². The van der Waals surface area contributed by atoms with Crippen LogP contribution >= 0.6 is 0 Å². The Balaban J connectivity index is 1.86. The molecule has 0 atom stereocenters. The molecule has 2 aromatic heterocycles. The molecule has 0 spiro atoms. The van der Waals surface area contributed by atoms with E-state index in [0.29, 0.717) is 13.1 Å². The number of aryl methyl sites for hydroxylation is 2. The predicted molar refractivity (Wildman–Crippen MR) is 71.4 cm³/mol. The molecule has 0 aliphatic heterocycles. The minimum absolute atomic E-state index is 0.359. The minimum atomic E-state index is -2.38. The zero-order chi connectivity index (χ0) is 14.5. The van der Waals surface area contributed by atoms with Gasteiger partial charge in [0.1, 0.15) is 6.54 Å². The molecule has 0 saturated heterocycles. The summed E-state index contributed by atoms with van der Waals surface area (Å²) in [5.74, 6) is 0. The molecule has 0 unspecified atom stereocenters. The van der Waals surface area contributed by atoms with Gasteiger partial charge in [0.15, 0.2) is 0 Å². The van der Waals surface area contributed by atoms with E-state index in [0.717, 1.165) is 23.5 Å². The normalized spacial score (nSPS) is 11.4. The molecule has 2 aromatic rings. The van der Waals surface area contributed by atoms with Crippen molar-refractivity contribution in [2.45, 2.75) is 46.5 Å². The van der Waals surface area contributed by atoms with Gasteiger partial charge in [-0.25, -0.2) is 8.78 Å². The van der Waals surface area contributed by atoms with Gasteiger partial charge in [-0.15, -0.1) is 0 Å². The molecule has 5 nitrogen and oxygen atoms in total. The summed E-state index contributed by atoms with van der Waals surface area (Å²) < 4.78 is 27.6. The Morgan fingerprint density at radius 1 is 1.35 bits per heavy atom. The molecule has 0 radical (unpaired) electrons. The Labute approximate surface area is 116 Å². The number of hydrogen-bond donors (Lipinski definition) is 1. The first-order chi connectivity index (χ1) is 9.60. The topological polar surface area (TPSA) is 47.7 Å². The molecule has 0 fully saturated rings. The van der Waals surface area contributed by atoms with Crippen LogP contribution in [0.3, 0.4) is 0 Å². The molecule has 0 aliphatic rings. The maximum absolute atomic E-state index is 12.2. The maximum atomic E-state index is 12.2. The lowest BCUT2D eigenvalue weighted by atomic mass is 10.2. The monoisotopic (exact) mass is 283 g/mol. The van der Waals surface area contributed by atoms with Crippen molar-refractivity contribution >= 4 is 0 Å². The number of aromatic nitrogens is 4. The van der Waals surface area contributed by atoms with E-state index in [1.165, 1.54) is 4.68 Å². The third kappa shape index (κ3) is 3.63. The highest BCUT2D eigenvalue weighted by molar-refractivity contribution is 5.15. The van der Waals surface area contributed by atoms with E-state index in [1.54, 1.807) is 12.3 Å². The van der Waals surface area contributed by atoms with E-state index in [-0.39, 0.29) is 6.54 Å². The van der Waals surface area contributed by atoms with Crippen molar-refractivity contribution in [3.05, 3.63) is 35.4 Å². The van der Waals surface area contributed by atoms with Crippen LogP contribution in [0.2, 0.25) is 0 Å². The van der Waals surface area contributed by atoms with Crippen LogP contribution in [0.4, 0.5) is 8.78 Å². The summed E-state index contributed by atoms with van der Waals surface area (Å²) in [4.78, 5) is 0. The van der Waals surface area contributed by atoms with Crippen molar-refractivity contribution in [3.8, 4) is 0 Å². The zero-order valence-corrected chi connectivity index (χ0v) is 11.7. The van der Waals surface area contributed by atoms with Gasteiger partial charge in [-0.2, -0.15) is 10.2 Å². The second-order valence-corrected chi connectivity index (χ2v) is 4.61. The summed E-state index contributed by atoms with van der Waals surface area (Å²) in [5.41, 5.74) is 3.04. The molecule has 20 heavy (non-hydrogen) atoms. The van der Waals surface area contributed by atoms with Crippen LogP contribution in [0.1, 0.15) is 23.9 Å². The lowest BCUT2D eigenvalue weighted by molar-refractivity contribution is 0.121. The van der Waals surface area contributed by atoms with E-state index >= 15 is 0 Å². The summed E-state index contributed by atoms with van der Waals surface area (Å²) in [6.07, 6.45) is 1.04. The van der Waals surface area contributed by atoms with Gasteiger partial charge in [0.05, 0.1) is 17.6 Å². The fourth-order valence-electron chi connectivity index (χ4n) is 2.06. The summed E-state index contributed by atoms with van der Waals surface area (Å²) in [6.45, 7) is 5.76. The van der Waals surface area contributed by atoms with Gasteiger partial charge >= 0.3 is 0 Å². The van der Waals surface area contributed by atoms with Crippen LogP contribution in [0.15, 0.2) is 18.5 Å². The Kier molecular flexibility index (Phi) is 4.84. The molecule has 1 N–H and O–H groups in total. The minimum Gasteiger partial charge on any atom is -0.305 e. The highest BCUT2D eigenvalue weighted by Gasteiger charge is 2.07. The Morgan fingerprint density at radius 3 is 2.85 bits per heavy atom. The Hall–Kier alpha value is -1.76. The number of rotatable bonds is 7. The van der Waals surface area contributed by atoms with Crippen LogP contribution in [0, 0.1) is 6.92 Å². The largest absolute Gasteiger partial charge is 0.305 e. The van der Waals surface area contributed by atoms with Gasteiger partial charge in [0, 0.05) is 25.8 Å². The van der Waals surface area contributed by atoms with Crippen molar-refractivity contribution in [1.29, 1.82) is 0 Å². The van der Waals surface area contributed by atoms with Crippen LogP contribution < -0.4 is 5.32 Å².